The van der Waals surface area contributed by atoms with Crippen LogP contribution in [0.15, 0.2) is 11.6 Å². The summed E-state index contributed by atoms with van der Waals surface area (Å²) in [7, 11) is -14.6. The van der Waals surface area contributed by atoms with Crippen LogP contribution in [-0.4, -0.2) is 242 Å². The third-order valence-corrected chi connectivity index (χ3v) is 22.1. The van der Waals surface area contributed by atoms with Gasteiger partial charge in [0.05, 0.1) is 37.4 Å². The van der Waals surface area contributed by atoms with E-state index in [2.05, 4.69) is 42.1 Å². The molecule has 9 rings (SSSR count). The lowest BCUT2D eigenvalue weighted by Crippen LogP contribution is -2.67. The molecule has 5 aliphatic heterocycles. The first-order valence-corrected chi connectivity index (χ1v) is 33.6. The van der Waals surface area contributed by atoms with Gasteiger partial charge in [-0.25, -0.2) is 12.5 Å². The van der Waals surface area contributed by atoms with Crippen molar-refractivity contribution in [1.82, 2.24) is 0 Å². The number of esters is 1. The van der Waals surface area contributed by atoms with E-state index < -0.39 is 196 Å². The summed E-state index contributed by atoms with van der Waals surface area (Å²) in [5, 5.41) is 80.2. The topological polar surface area (TPSA) is 459 Å². The van der Waals surface area contributed by atoms with E-state index in [9.17, 15) is 79.7 Å². The molecule has 0 amide bonds. The fraction of sp³-hybridized carbons (Fsp3) is 0.926. The number of allylic oxidation sites excluding steroid dienone is 2. The lowest BCUT2D eigenvalue weighted by atomic mass is 9.41. The van der Waals surface area contributed by atoms with Gasteiger partial charge in [0.25, 0.3) is 0 Å². The van der Waals surface area contributed by atoms with Crippen LogP contribution in [0.1, 0.15) is 113 Å². The first-order chi connectivity index (χ1) is 40.7. The van der Waals surface area contributed by atoms with Crippen molar-refractivity contribution >= 4 is 42.9 Å². The minimum absolute atomic E-state index is 0.0313. The Morgan fingerprint density at radius 1 is 0.648 bits per heavy atom. The number of hydrogen-bond acceptors (Lipinski definition) is 28. The molecule has 9 aliphatic rings. The van der Waals surface area contributed by atoms with Gasteiger partial charge < -0.3 is 83.1 Å². The highest BCUT2D eigenvalue weighted by Crippen LogP contribution is 2.76. The zero-order valence-electron chi connectivity index (χ0n) is 50.2. The molecule has 10 N–H and O–H groups in total. The number of aliphatic hydroxyl groups excluding tert-OH is 7. The molecule has 0 aromatic rings. The van der Waals surface area contributed by atoms with Gasteiger partial charge in [-0.05, 0) is 87.4 Å². The Morgan fingerprint density at radius 2 is 1.22 bits per heavy atom. The second-order valence-electron chi connectivity index (χ2n) is 26.9. The van der Waals surface area contributed by atoms with Gasteiger partial charge in [0.2, 0.25) is 0 Å². The summed E-state index contributed by atoms with van der Waals surface area (Å²) in [6.07, 6.45) is -29.8. The van der Waals surface area contributed by atoms with Crippen molar-refractivity contribution in [3.05, 3.63) is 11.6 Å². The van der Waals surface area contributed by atoms with Crippen molar-refractivity contribution in [1.29, 1.82) is 0 Å². The van der Waals surface area contributed by atoms with Gasteiger partial charge in [-0.3, -0.25) is 23.2 Å². The maximum Gasteiger partial charge on any atom is 0.397 e. The molecule has 8 fully saturated rings. The lowest BCUT2D eigenvalue weighted by molar-refractivity contribution is -0.389. The first kappa shape index (κ1) is 70.2. The normalized spacial score (nSPS) is 47.1. The predicted octanol–water partition coefficient (Wildman–Crippen LogP) is -0.648. The molecule has 506 valence electrons. The Bertz CT molecular complexity index is 2910. The van der Waals surface area contributed by atoms with E-state index in [-0.39, 0.29) is 47.3 Å². The van der Waals surface area contributed by atoms with Gasteiger partial charge in [-0.15, -0.1) is 0 Å². The van der Waals surface area contributed by atoms with Crippen molar-refractivity contribution < 1.29 is 144 Å². The summed E-state index contributed by atoms with van der Waals surface area (Å²) < 4.78 is 171. The number of ketones is 1. The van der Waals surface area contributed by atoms with E-state index in [4.69, 9.17) is 56.1 Å². The number of ether oxygens (including phenoxy) is 10. The molecule has 88 heavy (non-hydrogen) atoms. The van der Waals surface area contributed by atoms with E-state index in [0.29, 0.717) is 38.5 Å². The number of Topliss-reactive ketones (excluding diaryl/α,β-unsaturated/α-hetero) is 1. The van der Waals surface area contributed by atoms with Crippen LogP contribution in [0.4, 0.5) is 0 Å². The minimum atomic E-state index is -5.25. The molecule has 31 nitrogen and oxygen atoms in total. The second-order valence-corrected chi connectivity index (χ2v) is 30.1. The molecule has 5 saturated heterocycles. The summed E-state index contributed by atoms with van der Waals surface area (Å²) in [4.78, 5) is 27.7. The monoisotopic (exact) mass is 1330 g/mol. The molecule has 27 atom stereocenters. The molecule has 1 spiro atoms. The molecule has 3 saturated carbocycles. The molecule has 0 radical (unpaired) electrons. The van der Waals surface area contributed by atoms with E-state index >= 15 is 0 Å². The fourth-order valence-electron chi connectivity index (χ4n) is 16.6. The molecule has 5 heterocycles. The number of carbonyl (C=O) groups is 2. The van der Waals surface area contributed by atoms with Gasteiger partial charge >= 0.3 is 37.2 Å². The first-order valence-electron chi connectivity index (χ1n) is 29.5. The maximum absolute atomic E-state index is 14.4. The van der Waals surface area contributed by atoms with Gasteiger partial charge in [-0.2, -0.15) is 25.3 Å². The second kappa shape index (κ2) is 25.5. The van der Waals surface area contributed by atoms with Crippen LogP contribution in [0.5, 0.6) is 0 Å². The third kappa shape index (κ3) is 13.3. The number of cyclic esters (lactones) is 1. The molecule has 4 aliphatic carbocycles. The van der Waals surface area contributed by atoms with E-state index in [1.54, 1.807) is 0 Å². The molecule has 34 heteroatoms. The zero-order valence-corrected chi connectivity index (χ0v) is 52.6. The smallest absolute Gasteiger partial charge is 0.397 e. The highest BCUT2D eigenvalue weighted by molar-refractivity contribution is 7.81. The Labute approximate surface area is 510 Å². The summed E-state index contributed by atoms with van der Waals surface area (Å²) >= 11 is 0. The maximum atomic E-state index is 14.4. The average molecular weight is 1330 g/mol. The molecule has 0 unspecified atom stereocenters. The molecule has 0 bridgehead atoms. The van der Waals surface area contributed by atoms with Crippen LogP contribution in [0.3, 0.4) is 0 Å². The van der Waals surface area contributed by atoms with Crippen LogP contribution in [0.2, 0.25) is 0 Å². The van der Waals surface area contributed by atoms with E-state index in [0.717, 1.165) is 20.0 Å². The van der Waals surface area contributed by atoms with Crippen LogP contribution in [-0.2, 0) is 101 Å². The number of fused-ring (bicyclic) bond motifs is 4. The van der Waals surface area contributed by atoms with Gasteiger partial charge in [0.1, 0.15) is 96.8 Å². The summed E-state index contributed by atoms with van der Waals surface area (Å²) in [6.45, 7) is 12.8. The molecular weight excluding hydrogens is 1240 g/mol. The van der Waals surface area contributed by atoms with Crippen molar-refractivity contribution in [2.24, 2.45) is 45.3 Å². The average Bonchev–Trinajstić information content (AvgIpc) is 1.44. The zero-order chi connectivity index (χ0) is 65.0. The minimum Gasteiger partial charge on any atom is -0.458 e. The van der Waals surface area contributed by atoms with Gasteiger partial charge in [-0.1, -0.05) is 53.2 Å². The van der Waals surface area contributed by atoms with Crippen LogP contribution >= 0.6 is 0 Å². The van der Waals surface area contributed by atoms with Gasteiger partial charge in [0, 0.05) is 31.3 Å². The van der Waals surface area contributed by atoms with Crippen molar-refractivity contribution in [2.75, 3.05) is 26.9 Å². The van der Waals surface area contributed by atoms with Crippen molar-refractivity contribution in [2.45, 2.75) is 242 Å². The summed E-state index contributed by atoms with van der Waals surface area (Å²) in [5.41, 5.74) is -1.93. The van der Waals surface area contributed by atoms with Crippen LogP contribution < -0.4 is 0 Å². The Balaban J connectivity index is 0.912. The van der Waals surface area contributed by atoms with Crippen molar-refractivity contribution in [3.8, 4) is 0 Å². The lowest BCUT2D eigenvalue weighted by Gasteiger charge is -2.64. The summed E-state index contributed by atoms with van der Waals surface area (Å²) in [6, 6.07) is 0. The molecular formula is C54H86O31S3. The van der Waals surface area contributed by atoms with E-state index in [1.165, 1.54) is 12.5 Å². The summed E-state index contributed by atoms with van der Waals surface area (Å²) in [5.74, 6) is -0.0671. The SMILES string of the molecule is CO[C@@H]1[C@@H](O)[C@H](O[C@@H]2[C@@H](O)[C@H](O[C@H]3[C@H](O)[C@@H](O)[C@H](O[C@H]4[C@H](O[C@H]5CC[C@]6(C)[C@H]7CC[C@]89C(=O)O[C@@](C)(CC(=O)CC(C)C)[C@H]8CC[C@@]9(C)C7=CC[C@H]6C5(C)C)OC[C@@H](OS(=O)(=O)O)[C@@H]4O)O[C@@H]3C)O[C@H](COS(=O)(=O)O)[C@H]2O)O[C@H](COS(=O)(=O)O)[C@H]1O. The fourth-order valence-corrected chi connectivity index (χ4v) is 17.7. The quantitative estimate of drug-likeness (QED) is 0.0388. The van der Waals surface area contributed by atoms with Crippen LogP contribution in [0, 0.1) is 45.3 Å². The van der Waals surface area contributed by atoms with Crippen LogP contribution in [0.25, 0.3) is 0 Å². The number of rotatable bonds is 21. The van der Waals surface area contributed by atoms with Crippen molar-refractivity contribution in [3.63, 3.8) is 0 Å². The number of carbonyl (C=O) groups excluding carboxylic acids is 2. The highest BCUT2D eigenvalue weighted by atomic mass is 32.3. The Kier molecular flexibility index (Phi) is 20.4. The number of aliphatic hydroxyl groups is 7. The number of hydrogen-bond donors (Lipinski definition) is 10. The molecule has 0 aromatic carbocycles. The predicted molar refractivity (Wildman–Crippen MR) is 292 cm³/mol. The Morgan fingerprint density at radius 3 is 1.80 bits per heavy atom. The Hall–Kier alpha value is -2.15. The van der Waals surface area contributed by atoms with Gasteiger partial charge in [0.15, 0.2) is 25.2 Å². The number of methoxy groups -OCH3 is 1. The largest absolute Gasteiger partial charge is 0.458 e. The van der Waals surface area contributed by atoms with E-state index in [1.807, 2.05) is 20.8 Å². The highest BCUT2D eigenvalue weighted by Gasteiger charge is 2.76. The standard InChI is InChI=1S/C54H86O31S3/c1-23(2)18-25(55)19-53(8)32-13-16-52(7)27-10-11-31-50(4,5)33(14-15-51(31,6)26(27)12-17-54(32,52)49(63)84-53)80-48-44(36(58)30(20-74-48)85-88(70,71)72)83-45-38(60)37(59)41(24(3)77-45)81-47-40(62)43(35(57)29(79-47)22-76-87(67,68)69)82-46-39(61)42(73-9)34(56)28(78-46)21-75-86(64,65)66/h10,23-24,26,28-48,56-62H,11-22H2,1-9H3,(H,64,65,66)(H,67,68,69)(H,70,71,72)/t24-,26+,28-,29-,30-,31+,32-,33+,34-,35-,36+,37-,38-,39-,40-,41-,42+,43+,44-,45+,46+,47+,48+,51-,52+,53+,54-/m1/s1. The third-order valence-electron chi connectivity index (χ3n) is 20.7. The molecule has 0 aromatic heterocycles.